The molecule has 0 saturated carbocycles. The summed E-state index contributed by atoms with van der Waals surface area (Å²) in [5.41, 5.74) is 6.45. The number of ether oxygens (including phenoxy) is 1. The third-order valence-electron chi connectivity index (χ3n) is 2.44. The predicted octanol–water partition coefficient (Wildman–Crippen LogP) is 1.99. The van der Waals surface area contributed by atoms with E-state index in [1.807, 2.05) is 45.4 Å². The van der Waals surface area contributed by atoms with Gasteiger partial charge in [0.15, 0.2) is 0 Å². The average Bonchev–Trinajstić information content (AvgIpc) is 2.72. The fourth-order valence-electron chi connectivity index (χ4n) is 1.66. The van der Waals surface area contributed by atoms with Crippen molar-refractivity contribution < 1.29 is 9.53 Å². The number of carbonyl (C=O) groups excluding carboxylic acids is 1. The maximum Gasteiger partial charge on any atom is 0.407 e. The molecule has 0 aliphatic carbocycles. The summed E-state index contributed by atoms with van der Waals surface area (Å²) in [6.07, 6.45) is 1.25. The van der Waals surface area contributed by atoms with Crippen LogP contribution in [0.2, 0.25) is 0 Å². The predicted molar refractivity (Wildman–Crippen MR) is 73.8 cm³/mol. The number of hydrogen-bond acceptors (Lipinski definition) is 4. The summed E-state index contributed by atoms with van der Waals surface area (Å²) < 4.78 is 7.00. The van der Waals surface area contributed by atoms with Crippen molar-refractivity contribution >= 4 is 6.09 Å². The molecule has 0 saturated heterocycles. The van der Waals surface area contributed by atoms with E-state index in [1.165, 1.54) is 0 Å². The second kappa shape index (κ2) is 6.06. The number of hydrogen-bond donors (Lipinski definition) is 2. The normalized spacial score (nSPS) is 13.4. The summed E-state index contributed by atoms with van der Waals surface area (Å²) >= 11 is 0. The minimum atomic E-state index is -0.506. The lowest BCUT2D eigenvalue weighted by molar-refractivity contribution is 0.0524. The van der Waals surface area contributed by atoms with Gasteiger partial charge < -0.3 is 15.8 Å². The number of aromatic nitrogens is 2. The fourth-order valence-corrected chi connectivity index (χ4v) is 1.66. The van der Waals surface area contributed by atoms with Crippen LogP contribution in [0, 0.1) is 0 Å². The number of amides is 1. The Bertz CT molecular complexity index is 421. The highest BCUT2D eigenvalue weighted by atomic mass is 16.6. The van der Waals surface area contributed by atoms with Crippen LogP contribution in [0.15, 0.2) is 12.3 Å². The van der Waals surface area contributed by atoms with Crippen molar-refractivity contribution in [2.75, 3.05) is 6.54 Å². The number of nitrogens with zero attached hydrogens (tertiary/aromatic N) is 2. The van der Waals surface area contributed by atoms with Crippen LogP contribution in [0.4, 0.5) is 4.79 Å². The molecular formula is C13H24N4O2. The van der Waals surface area contributed by atoms with Crippen LogP contribution >= 0.6 is 0 Å². The number of nitrogens with two attached hydrogens (primary N) is 1. The summed E-state index contributed by atoms with van der Waals surface area (Å²) in [5, 5.41) is 6.88. The Balaban J connectivity index is 2.54. The zero-order valence-electron chi connectivity index (χ0n) is 12.3. The lowest BCUT2D eigenvalue weighted by Crippen LogP contribution is -2.37. The van der Waals surface area contributed by atoms with Gasteiger partial charge in [-0.25, -0.2) is 4.79 Å². The summed E-state index contributed by atoms with van der Waals surface area (Å²) in [7, 11) is 0. The van der Waals surface area contributed by atoms with Crippen molar-refractivity contribution in [2.45, 2.75) is 52.3 Å². The lowest BCUT2D eigenvalue weighted by atomic mass is 10.2. The molecule has 0 aliphatic rings. The third-order valence-corrected chi connectivity index (χ3v) is 2.44. The molecule has 0 aliphatic heterocycles. The van der Waals surface area contributed by atoms with Gasteiger partial charge in [0.25, 0.3) is 0 Å². The van der Waals surface area contributed by atoms with Crippen molar-refractivity contribution in [1.29, 1.82) is 0 Å². The van der Waals surface area contributed by atoms with E-state index in [9.17, 15) is 4.79 Å². The minimum absolute atomic E-state index is 0.234. The van der Waals surface area contributed by atoms with Crippen molar-refractivity contribution in [1.82, 2.24) is 15.1 Å². The van der Waals surface area contributed by atoms with Crippen molar-refractivity contribution in [3.8, 4) is 0 Å². The lowest BCUT2D eigenvalue weighted by Gasteiger charge is -2.21. The quantitative estimate of drug-likeness (QED) is 0.875. The van der Waals surface area contributed by atoms with Gasteiger partial charge in [-0.15, -0.1) is 0 Å². The van der Waals surface area contributed by atoms with Gasteiger partial charge >= 0.3 is 6.09 Å². The molecule has 0 radical (unpaired) electrons. The van der Waals surface area contributed by atoms with Crippen LogP contribution in [-0.2, 0) is 4.74 Å². The van der Waals surface area contributed by atoms with E-state index in [1.54, 1.807) is 6.20 Å². The molecule has 1 rings (SSSR count). The zero-order chi connectivity index (χ0) is 14.6. The van der Waals surface area contributed by atoms with Crippen LogP contribution in [0.1, 0.15) is 52.4 Å². The molecule has 0 aromatic carbocycles. The molecular weight excluding hydrogens is 244 g/mol. The van der Waals surface area contributed by atoms with Crippen LogP contribution in [0.25, 0.3) is 0 Å². The Morgan fingerprint density at radius 3 is 2.68 bits per heavy atom. The summed E-state index contributed by atoms with van der Waals surface area (Å²) in [4.78, 5) is 11.5. The standard InChI is InChI=1S/C13H24N4O2/c1-9(2)17-11(6-7-16-17)10(14)8-15-12(18)19-13(3,4)5/h6-7,9-10H,8,14H2,1-5H3,(H,15,18). The highest BCUT2D eigenvalue weighted by Gasteiger charge is 2.18. The molecule has 0 fully saturated rings. The van der Waals surface area contributed by atoms with Crippen molar-refractivity contribution in [2.24, 2.45) is 5.73 Å². The first-order valence-corrected chi connectivity index (χ1v) is 6.46. The number of alkyl carbamates (subject to hydrolysis) is 1. The third kappa shape index (κ3) is 4.90. The van der Waals surface area contributed by atoms with E-state index >= 15 is 0 Å². The van der Waals surface area contributed by atoms with Gasteiger partial charge in [-0.1, -0.05) is 0 Å². The molecule has 108 valence electrons. The molecule has 6 nitrogen and oxygen atoms in total. The van der Waals surface area contributed by atoms with Crippen LogP contribution in [0.5, 0.6) is 0 Å². The van der Waals surface area contributed by atoms with Gasteiger partial charge in [0, 0.05) is 18.8 Å². The van der Waals surface area contributed by atoms with Gasteiger partial charge in [-0.2, -0.15) is 5.10 Å². The molecule has 0 bridgehead atoms. The smallest absolute Gasteiger partial charge is 0.407 e. The largest absolute Gasteiger partial charge is 0.444 e. The Morgan fingerprint density at radius 1 is 1.53 bits per heavy atom. The van der Waals surface area contributed by atoms with Crippen molar-refractivity contribution in [3.63, 3.8) is 0 Å². The zero-order valence-corrected chi connectivity index (χ0v) is 12.3. The summed E-state index contributed by atoms with van der Waals surface area (Å²) in [6.45, 7) is 9.84. The molecule has 19 heavy (non-hydrogen) atoms. The number of nitrogens with one attached hydrogen (secondary N) is 1. The van der Waals surface area contributed by atoms with E-state index in [4.69, 9.17) is 10.5 Å². The van der Waals surface area contributed by atoms with E-state index in [0.29, 0.717) is 6.54 Å². The van der Waals surface area contributed by atoms with Gasteiger partial charge in [-0.3, -0.25) is 4.68 Å². The Kier molecular flexibility index (Phi) is 4.94. The monoisotopic (exact) mass is 268 g/mol. The minimum Gasteiger partial charge on any atom is -0.444 e. The summed E-state index contributed by atoms with van der Waals surface area (Å²) in [5.74, 6) is 0. The fraction of sp³-hybridized carbons (Fsp3) is 0.692. The molecule has 1 aromatic heterocycles. The molecule has 6 heteroatoms. The Labute approximate surface area is 114 Å². The van der Waals surface area contributed by atoms with Gasteiger partial charge in [0.2, 0.25) is 0 Å². The van der Waals surface area contributed by atoms with E-state index in [2.05, 4.69) is 10.4 Å². The van der Waals surface area contributed by atoms with Gasteiger partial charge in [0.05, 0.1) is 11.7 Å². The maximum absolute atomic E-state index is 11.5. The SMILES string of the molecule is CC(C)n1nccc1C(N)CNC(=O)OC(C)(C)C. The first-order chi connectivity index (χ1) is 8.70. The Hall–Kier alpha value is -1.56. The Morgan fingerprint density at radius 2 is 2.16 bits per heavy atom. The maximum atomic E-state index is 11.5. The second-order valence-corrected chi connectivity index (χ2v) is 5.78. The summed E-state index contributed by atoms with van der Waals surface area (Å²) in [6, 6.07) is 1.79. The molecule has 1 heterocycles. The molecule has 1 aromatic rings. The van der Waals surface area contributed by atoms with Crippen LogP contribution in [-0.4, -0.2) is 28.0 Å². The van der Waals surface area contributed by atoms with Gasteiger partial charge in [0.1, 0.15) is 5.60 Å². The first-order valence-electron chi connectivity index (χ1n) is 6.46. The van der Waals surface area contributed by atoms with Crippen molar-refractivity contribution in [3.05, 3.63) is 18.0 Å². The molecule has 1 unspecified atom stereocenters. The number of rotatable bonds is 4. The van der Waals surface area contributed by atoms with Crippen LogP contribution in [0.3, 0.4) is 0 Å². The second-order valence-electron chi connectivity index (χ2n) is 5.78. The number of carbonyl (C=O) groups is 1. The molecule has 1 atom stereocenters. The van der Waals surface area contributed by atoms with Crippen LogP contribution < -0.4 is 11.1 Å². The van der Waals surface area contributed by atoms with E-state index < -0.39 is 11.7 Å². The molecule has 3 N–H and O–H groups in total. The van der Waals surface area contributed by atoms with E-state index in [-0.39, 0.29) is 12.1 Å². The average molecular weight is 268 g/mol. The first kappa shape index (κ1) is 15.5. The van der Waals surface area contributed by atoms with Gasteiger partial charge in [-0.05, 0) is 40.7 Å². The highest BCUT2D eigenvalue weighted by Crippen LogP contribution is 2.14. The molecule has 0 spiro atoms. The highest BCUT2D eigenvalue weighted by molar-refractivity contribution is 5.67. The van der Waals surface area contributed by atoms with E-state index in [0.717, 1.165) is 5.69 Å². The topological polar surface area (TPSA) is 82.2 Å². The molecule has 1 amide bonds.